The van der Waals surface area contributed by atoms with Crippen LogP contribution in [-0.4, -0.2) is 32.9 Å². The summed E-state index contributed by atoms with van der Waals surface area (Å²) < 4.78 is 26.0. The molecule has 0 radical (unpaired) electrons. The van der Waals surface area contributed by atoms with Gasteiger partial charge in [0.05, 0.1) is 11.9 Å². The third-order valence-corrected chi connectivity index (χ3v) is 5.86. The largest absolute Gasteiger partial charge is 0.324 e. The van der Waals surface area contributed by atoms with Gasteiger partial charge in [0, 0.05) is 10.6 Å². The minimum absolute atomic E-state index is 0.350. The average molecular weight is 393 g/mol. The fraction of sp³-hybridized carbons (Fsp3) is 0.316. The van der Waals surface area contributed by atoms with Crippen molar-refractivity contribution in [2.45, 2.75) is 31.2 Å². The van der Waals surface area contributed by atoms with Gasteiger partial charge < -0.3 is 5.32 Å². The number of carbonyl (C=O) groups is 1. The van der Waals surface area contributed by atoms with Gasteiger partial charge in [-0.1, -0.05) is 30.7 Å². The highest BCUT2D eigenvalue weighted by atomic mass is 32.2. The Hall–Kier alpha value is -1.99. The first kappa shape index (κ1) is 20.3. The zero-order valence-corrected chi connectivity index (χ0v) is 17.0. The minimum atomic E-state index is -3.62. The van der Waals surface area contributed by atoms with Crippen LogP contribution >= 0.6 is 11.8 Å². The molecule has 0 spiro atoms. The number of thioether (sulfide) groups is 1. The second-order valence-corrected chi connectivity index (χ2v) is 8.78. The second-order valence-electron chi connectivity index (χ2n) is 6.04. The number of rotatable bonds is 7. The molecule has 5 nitrogen and oxygen atoms in total. The first-order valence-electron chi connectivity index (χ1n) is 8.27. The van der Waals surface area contributed by atoms with E-state index in [1.807, 2.05) is 43.5 Å². The number of carbonyl (C=O) groups excluding carboxylic acids is 1. The molecule has 0 saturated heterocycles. The predicted octanol–water partition coefficient (Wildman–Crippen LogP) is 3.90. The van der Waals surface area contributed by atoms with Gasteiger partial charge in [0.2, 0.25) is 15.9 Å². The van der Waals surface area contributed by atoms with Crippen LogP contribution in [0.25, 0.3) is 0 Å². The zero-order chi connectivity index (χ0) is 19.3. The Morgan fingerprint density at radius 1 is 1.19 bits per heavy atom. The number of amides is 1. The van der Waals surface area contributed by atoms with Crippen LogP contribution in [0.2, 0.25) is 0 Å². The number of nitrogens with zero attached hydrogens (tertiary/aromatic N) is 1. The SMILES string of the molecule is CC[C@@H](C(=O)Nc1cccc(SC)c1)N(c1ccc(C)cc1)S(C)(=O)=O. The van der Waals surface area contributed by atoms with Crippen molar-refractivity contribution in [3.8, 4) is 0 Å². The summed E-state index contributed by atoms with van der Waals surface area (Å²) >= 11 is 1.58. The van der Waals surface area contributed by atoms with Gasteiger partial charge in [-0.3, -0.25) is 9.10 Å². The molecule has 2 rings (SSSR count). The summed E-state index contributed by atoms with van der Waals surface area (Å²) in [6.07, 6.45) is 3.44. The van der Waals surface area contributed by atoms with Crippen LogP contribution in [0.3, 0.4) is 0 Å². The van der Waals surface area contributed by atoms with E-state index in [1.165, 1.54) is 4.31 Å². The Balaban J connectivity index is 2.34. The molecular weight excluding hydrogens is 368 g/mol. The molecule has 0 aliphatic rings. The van der Waals surface area contributed by atoms with E-state index in [9.17, 15) is 13.2 Å². The number of sulfonamides is 1. The Morgan fingerprint density at radius 2 is 1.85 bits per heavy atom. The van der Waals surface area contributed by atoms with E-state index >= 15 is 0 Å². The fourth-order valence-electron chi connectivity index (χ4n) is 2.68. The molecule has 2 aromatic rings. The van der Waals surface area contributed by atoms with Crippen LogP contribution < -0.4 is 9.62 Å². The number of anilines is 2. The summed E-state index contributed by atoms with van der Waals surface area (Å²) in [4.78, 5) is 13.9. The second kappa shape index (κ2) is 8.60. The first-order chi connectivity index (χ1) is 12.3. The molecule has 0 aromatic heterocycles. The van der Waals surface area contributed by atoms with Crippen LogP contribution in [0.1, 0.15) is 18.9 Å². The lowest BCUT2D eigenvalue weighted by atomic mass is 10.1. The van der Waals surface area contributed by atoms with Gasteiger partial charge in [-0.2, -0.15) is 0 Å². The van der Waals surface area contributed by atoms with Crippen molar-refractivity contribution in [2.75, 3.05) is 22.1 Å². The molecule has 26 heavy (non-hydrogen) atoms. The van der Waals surface area contributed by atoms with Gasteiger partial charge in [-0.15, -0.1) is 11.8 Å². The van der Waals surface area contributed by atoms with Crippen molar-refractivity contribution in [1.29, 1.82) is 0 Å². The van der Waals surface area contributed by atoms with Crippen LogP contribution in [0, 0.1) is 6.92 Å². The molecule has 7 heteroatoms. The third kappa shape index (κ3) is 5.02. The monoisotopic (exact) mass is 392 g/mol. The highest BCUT2D eigenvalue weighted by molar-refractivity contribution is 7.98. The van der Waals surface area contributed by atoms with Crippen LogP contribution in [0.15, 0.2) is 53.4 Å². The van der Waals surface area contributed by atoms with Gasteiger partial charge in [0.25, 0.3) is 0 Å². The number of aryl methyl sites for hydroxylation is 1. The molecule has 1 N–H and O–H groups in total. The van der Waals surface area contributed by atoms with E-state index in [4.69, 9.17) is 0 Å². The maximum Gasteiger partial charge on any atom is 0.248 e. The molecule has 2 aromatic carbocycles. The minimum Gasteiger partial charge on any atom is -0.324 e. The zero-order valence-electron chi connectivity index (χ0n) is 15.4. The van der Waals surface area contributed by atoms with E-state index in [0.29, 0.717) is 17.8 Å². The topological polar surface area (TPSA) is 66.5 Å². The number of hydrogen-bond donors (Lipinski definition) is 1. The van der Waals surface area contributed by atoms with Crippen LogP contribution in [-0.2, 0) is 14.8 Å². The molecule has 0 aliphatic heterocycles. The lowest BCUT2D eigenvalue weighted by molar-refractivity contribution is -0.117. The molecule has 0 unspecified atom stereocenters. The van der Waals surface area contributed by atoms with Gasteiger partial charge in [0.15, 0.2) is 0 Å². The van der Waals surface area contributed by atoms with Gasteiger partial charge in [-0.05, 0) is 49.9 Å². The summed E-state index contributed by atoms with van der Waals surface area (Å²) in [7, 11) is -3.62. The van der Waals surface area contributed by atoms with E-state index in [1.54, 1.807) is 36.9 Å². The number of nitrogens with one attached hydrogen (secondary N) is 1. The number of hydrogen-bond acceptors (Lipinski definition) is 4. The lowest BCUT2D eigenvalue weighted by Gasteiger charge is -2.30. The molecule has 140 valence electrons. The van der Waals surface area contributed by atoms with Crippen LogP contribution in [0.5, 0.6) is 0 Å². The maximum absolute atomic E-state index is 12.8. The Labute approximate surface area is 159 Å². The third-order valence-electron chi connectivity index (χ3n) is 3.96. The first-order valence-corrected chi connectivity index (χ1v) is 11.3. The molecular formula is C19H24N2O3S2. The highest BCUT2D eigenvalue weighted by Crippen LogP contribution is 2.24. The van der Waals surface area contributed by atoms with E-state index in [0.717, 1.165) is 16.7 Å². The van der Waals surface area contributed by atoms with E-state index in [2.05, 4.69) is 5.32 Å². The van der Waals surface area contributed by atoms with Crippen molar-refractivity contribution in [3.05, 3.63) is 54.1 Å². The Kier molecular flexibility index (Phi) is 6.72. The van der Waals surface area contributed by atoms with Gasteiger partial charge >= 0.3 is 0 Å². The van der Waals surface area contributed by atoms with Crippen molar-refractivity contribution >= 4 is 39.1 Å². The number of benzene rings is 2. The molecule has 0 aliphatic carbocycles. The normalized spacial score (nSPS) is 12.5. The molecule has 0 fully saturated rings. The summed E-state index contributed by atoms with van der Waals surface area (Å²) in [6, 6.07) is 13.8. The summed E-state index contributed by atoms with van der Waals surface area (Å²) in [6.45, 7) is 3.73. The fourth-order valence-corrected chi connectivity index (χ4v) is 4.35. The maximum atomic E-state index is 12.8. The van der Waals surface area contributed by atoms with Gasteiger partial charge in [-0.25, -0.2) is 8.42 Å². The molecule has 0 heterocycles. The standard InChI is InChI=1S/C19H24N2O3S2/c1-5-18(19(22)20-15-7-6-8-17(13-15)25-3)21(26(4,23)24)16-11-9-14(2)10-12-16/h6-13,18H,5H2,1-4H3,(H,20,22)/t18-/m0/s1. The molecule has 1 atom stereocenters. The quantitative estimate of drug-likeness (QED) is 0.726. The average Bonchev–Trinajstić information content (AvgIpc) is 2.59. The highest BCUT2D eigenvalue weighted by Gasteiger charge is 2.31. The predicted molar refractivity (Wildman–Crippen MR) is 109 cm³/mol. The summed E-state index contributed by atoms with van der Waals surface area (Å²) in [5.74, 6) is -0.350. The Bertz CT molecular complexity index is 865. The summed E-state index contributed by atoms with van der Waals surface area (Å²) in [5, 5.41) is 2.84. The molecule has 1 amide bonds. The van der Waals surface area contributed by atoms with Crippen molar-refractivity contribution in [3.63, 3.8) is 0 Å². The van der Waals surface area contributed by atoms with E-state index in [-0.39, 0.29) is 5.91 Å². The smallest absolute Gasteiger partial charge is 0.248 e. The van der Waals surface area contributed by atoms with Gasteiger partial charge in [0.1, 0.15) is 6.04 Å². The Morgan fingerprint density at radius 3 is 2.38 bits per heavy atom. The van der Waals surface area contributed by atoms with Crippen LogP contribution in [0.4, 0.5) is 11.4 Å². The summed E-state index contributed by atoms with van der Waals surface area (Å²) in [5.41, 5.74) is 2.16. The molecule has 0 bridgehead atoms. The molecule has 0 saturated carbocycles. The van der Waals surface area contributed by atoms with Crippen molar-refractivity contribution in [1.82, 2.24) is 0 Å². The van der Waals surface area contributed by atoms with E-state index < -0.39 is 16.1 Å². The van der Waals surface area contributed by atoms with Crippen molar-refractivity contribution < 1.29 is 13.2 Å². The van der Waals surface area contributed by atoms with Crippen molar-refractivity contribution in [2.24, 2.45) is 0 Å². The lowest BCUT2D eigenvalue weighted by Crippen LogP contribution is -2.47.